The summed E-state index contributed by atoms with van der Waals surface area (Å²) < 4.78 is 2.46. The van der Waals surface area contributed by atoms with Gasteiger partial charge in [0.25, 0.3) is 0 Å². The Labute approximate surface area is 182 Å². The first-order valence-corrected chi connectivity index (χ1v) is 11.1. The Hall–Kier alpha value is -2.86. The van der Waals surface area contributed by atoms with Crippen LogP contribution in [0.15, 0.2) is 67.0 Å². The average molecular weight is 419 g/mol. The van der Waals surface area contributed by atoms with E-state index in [0.29, 0.717) is 11.2 Å². The molecule has 5 nitrogen and oxygen atoms in total. The molecule has 3 heterocycles. The first-order valence-electron chi connectivity index (χ1n) is 10.7. The van der Waals surface area contributed by atoms with Crippen molar-refractivity contribution in [2.24, 2.45) is 0 Å². The Morgan fingerprint density at radius 1 is 0.967 bits per heavy atom. The largest absolute Gasteiger partial charge is 0.508 e. The second-order valence-electron chi connectivity index (χ2n) is 8.15. The van der Waals surface area contributed by atoms with Crippen molar-refractivity contribution in [3.05, 3.63) is 78.4 Å². The Bertz CT molecular complexity index is 1010. The first kappa shape index (κ1) is 19.1. The maximum absolute atomic E-state index is 9.78. The second-order valence-corrected chi connectivity index (χ2v) is 8.53. The van der Waals surface area contributed by atoms with Gasteiger partial charge in [0.2, 0.25) is 0 Å². The molecule has 2 aromatic heterocycles. The number of nitrogens with zero attached hydrogens (tertiary/aromatic N) is 3. The van der Waals surface area contributed by atoms with Crippen molar-refractivity contribution in [2.75, 3.05) is 4.90 Å². The molecule has 1 aliphatic carbocycles. The van der Waals surface area contributed by atoms with E-state index in [9.17, 15) is 5.11 Å². The lowest BCUT2D eigenvalue weighted by Crippen LogP contribution is -2.31. The van der Waals surface area contributed by atoms with E-state index in [-0.39, 0.29) is 17.8 Å². The molecule has 0 radical (unpaired) electrons. The zero-order valence-corrected chi connectivity index (χ0v) is 17.6. The third-order valence-corrected chi connectivity index (χ3v) is 6.62. The van der Waals surface area contributed by atoms with E-state index in [1.807, 2.05) is 30.5 Å². The predicted molar refractivity (Wildman–Crippen MR) is 123 cm³/mol. The van der Waals surface area contributed by atoms with Gasteiger partial charge in [-0.3, -0.25) is 4.98 Å². The molecule has 0 bridgehead atoms. The maximum atomic E-state index is 9.78. The summed E-state index contributed by atoms with van der Waals surface area (Å²) in [6, 6.07) is 18.1. The van der Waals surface area contributed by atoms with Crippen molar-refractivity contribution >= 4 is 23.0 Å². The molecule has 5 rings (SSSR count). The second kappa shape index (κ2) is 8.11. The fraction of sp³-hybridized carbons (Fsp3) is 0.333. The Kier molecular flexibility index (Phi) is 5.17. The van der Waals surface area contributed by atoms with Crippen molar-refractivity contribution in [3.8, 4) is 5.75 Å². The minimum atomic E-state index is -0.0512. The molecule has 1 aliphatic heterocycles. The molecule has 3 aromatic rings. The lowest BCUT2D eigenvalue weighted by atomic mass is 9.94. The zero-order valence-electron chi connectivity index (χ0n) is 16.8. The summed E-state index contributed by atoms with van der Waals surface area (Å²) in [6.07, 6.45) is 10.4. The Morgan fingerprint density at radius 3 is 2.50 bits per heavy atom. The summed E-state index contributed by atoms with van der Waals surface area (Å²) in [5, 5.41) is 14.0. The van der Waals surface area contributed by atoms with Crippen LogP contribution < -0.4 is 10.2 Å². The van der Waals surface area contributed by atoms with Crippen LogP contribution in [0.3, 0.4) is 0 Å². The number of aromatic hydroxyl groups is 1. The molecular weight excluding hydrogens is 392 g/mol. The molecule has 2 atom stereocenters. The van der Waals surface area contributed by atoms with Gasteiger partial charge in [0, 0.05) is 29.8 Å². The van der Waals surface area contributed by atoms with Gasteiger partial charge < -0.3 is 19.9 Å². The lowest BCUT2D eigenvalue weighted by molar-refractivity contribution is 0.340. The number of nitrogens with one attached hydrogen (secondary N) is 1. The molecule has 6 heteroatoms. The lowest BCUT2D eigenvalue weighted by Gasteiger charge is -2.32. The molecule has 154 valence electrons. The third-order valence-electron chi connectivity index (χ3n) is 6.31. The SMILES string of the molecule is Oc1ccc(N2C(=S)N[C@@H](c3ccccn3)[C@H]2c2cccn2C2CCCCC2)cc1. The number of thiocarbonyl (C=S) groups is 1. The molecule has 2 N–H and O–H groups in total. The number of aromatic nitrogens is 2. The molecule has 0 spiro atoms. The fourth-order valence-corrected chi connectivity index (χ4v) is 5.24. The van der Waals surface area contributed by atoms with Crippen LogP contribution in [0.25, 0.3) is 0 Å². The zero-order chi connectivity index (χ0) is 20.5. The summed E-state index contributed by atoms with van der Waals surface area (Å²) in [5.74, 6) is 0.250. The fourth-order valence-electron chi connectivity index (χ4n) is 4.90. The number of hydrogen-bond donors (Lipinski definition) is 2. The number of phenolic OH excluding ortho intramolecular Hbond substituents is 1. The van der Waals surface area contributed by atoms with Crippen molar-refractivity contribution in [2.45, 2.75) is 50.2 Å². The minimum absolute atomic E-state index is 0.0196. The van der Waals surface area contributed by atoms with Gasteiger partial charge >= 0.3 is 0 Å². The van der Waals surface area contributed by atoms with Crippen LogP contribution in [0, 0.1) is 0 Å². The van der Waals surface area contributed by atoms with E-state index in [2.05, 4.69) is 44.2 Å². The average Bonchev–Trinajstić information content (AvgIpc) is 3.40. The number of hydrogen-bond acceptors (Lipinski definition) is 3. The highest BCUT2D eigenvalue weighted by Crippen LogP contribution is 2.43. The van der Waals surface area contributed by atoms with Gasteiger partial charge in [-0.05, 0) is 73.6 Å². The topological polar surface area (TPSA) is 53.3 Å². The molecule has 30 heavy (non-hydrogen) atoms. The highest BCUT2D eigenvalue weighted by molar-refractivity contribution is 7.80. The molecule has 2 fully saturated rings. The van der Waals surface area contributed by atoms with Crippen molar-refractivity contribution < 1.29 is 5.11 Å². The Morgan fingerprint density at radius 2 is 1.77 bits per heavy atom. The van der Waals surface area contributed by atoms with E-state index in [4.69, 9.17) is 12.2 Å². The van der Waals surface area contributed by atoms with Gasteiger partial charge in [-0.15, -0.1) is 0 Å². The highest BCUT2D eigenvalue weighted by Gasteiger charge is 2.42. The van der Waals surface area contributed by atoms with Crippen LogP contribution in [-0.2, 0) is 0 Å². The quantitative estimate of drug-likeness (QED) is 0.565. The van der Waals surface area contributed by atoms with Crippen molar-refractivity contribution in [1.29, 1.82) is 0 Å². The molecular formula is C24H26N4OS. The third kappa shape index (κ3) is 3.45. The maximum Gasteiger partial charge on any atom is 0.174 e. The number of rotatable bonds is 4. The molecule has 0 amide bonds. The molecule has 1 saturated carbocycles. The van der Waals surface area contributed by atoms with Crippen LogP contribution in [0.1, 0.15) is 61.6 Å². The van der Waals surface area contributed by atoms with Gasteiger partial charge in [0.05, 0.1) is 11.7 Å². The van der Waals surface area contributed by atoms with Gasteiger partial charge in [-0.25, -0.2) is 0 Å². The molecule has 0 unspecified atom stereocenters. The van der Waals surface area contributed by atoms with Crippen molar-refractivity contribution in [1.82, 2.24) is 14.9 Å². The summed E-state index contributed by atoms with van der Waals surface area (Å²) in [6.45, 7) is 0. The van der Waals surface area contributed by atoms with E-state index >= 15 is 0 Å². The van der Waals surface area contributed by atoms with Gasteiger partial charge in [0.15, 0.2) is 5.11 Å². The highest BCUT2D eigenvalue weighted by atomic mass is 32.1. The Balaban J connectivity index is 1.61. The molecule has 2 aliphatic rings. The van der Waals surface area contributed by atoms with Crippen LogP contribution in [0.4, 0.5) is 5.69 Å². The minimum Gasteiger partial charge on any atom is -0.508 e. The van der Waals surface area contributed by atoms with Gasteiger partial charge in [-0.2, -0.15) is 0 Å². The summed E-state index contributed by atoms with van der Waals surface area (Å²) in [7, 11) is 0. The number of pyridine rings is 1. The normalized spacial score (nSPS) is 22.3. The summed E-state index contributed by atoms with van der Waals surface area (Å²) in [5.41, 5.74) is 3.19. The first-order chi connectivity index (χ1) is 14.7. The summed E-state index contributed by atoms with van der Waals surface area (Å²) in [4.78, 5) is 6.81. The molecule has 1 aromatic carbocycles. The van der Waals surface area contributed by atoms with Crippen LogP contribution in [-0.4, -0.2) is 19.8 Å². The standard InChI is InChI=1S/C24H26N4OS/c29-19-13-11-18(12-14-19)28-23(22(26-24(28)30)20-9-4-5-15-25-20)21-10-6-16-27(21)17-7-2-1-3-8-17/h4-6,9-17,22-23,29H,1-3,7-8H2,(H,26,30)/t22-,23+/m0/s1. The number of benzene rings is 1. The van der Waals surface area contributed by atoms with E-state index in [1.165, 1.54) is 37.8 Å². The smallest absolute Gasteiger partial charge is 0.174 e. The molecule has 1 saturated heterocycles. The van der Waals surface area contributed by atoms with Crippen LogP contribution >= 0.6 is 12.2 Å². The number of phenols is 1. The van der Waals surface area contributed by atoms with Crippen molar-refractivity contribution in [3.63, 3.8) is 0 Å². The van der Waals surface area contributed by atoms with E-state index in [0.717, 1.165) is 11.4 Å². The van der Waals surface area contributed by atoms with Crippen LogP contribution in [0.5, 0.6) is 5.75 Å². The monoisotopic (exact) mass is 418 g/mol. The van der Waals surface area contributed by atoms with Gasteiger partial charge in [-0.1, -0.05) is 25.3 Å². The van der Waals surface area contributed by atoms with Gasteiger partial charge in [0.1, 0.15) is 11.8 Å². The van der Waals surface area contributed by atoms with E-state index in [1.54, 1.807) is 12.1 Å². The van der Waals surface area contributed by atoms with Crippen LogP contribution in [0.2, 0.25) is 0 Å². The summed E-state index contributed by atoms with van der Waals surface area (Å²) >= 11 is 5.80. The van der Waals surface area contributed by atoms with E-state index < -0.39 is 0 Å². The number of anilines is 1. The predicted octanol–water partition coefficient (Wildman–Crippen LogP) is 5.27.